The SMILES string of the molecule is O=C(NC[C@H]1CCCO1)c1nn(-c2ccccc2F)c(=O)n(Cc2cccc(C(F)(F)F)c2)c1=O. The number of halogens is 4. The van der Waals surface area contributed by atoms with Gasteiger partial charge in [0.25, 0.3) is 11.5 Å². The van der Waals surface area contributed by atoms with Gasteiger partial charge in [-0.15, -0.1) is 0 Å². The lowest BCUT2D eigenvalue weighted by molar-refractivity contribution is -0.137. The minimum absolute atomic E-state index is 0.0176. The van der Waals surface area contributed by atoms with Crippen LogP contribution in [0.1, 0.15) is 34.5 Å². The van der Waals surface area contributed by atoms with E-state index in [9.17, 15) is 31.9 Å². The first-order chi connectivity index (χ1) is 16.6. The third-order valence-electron chi connectivity index (χ3n) is 5.46. The summed E-state index contributed by atoms with van der Waals surface area (Å²) in [6, 6.07) is 9.14. The van der Waals surface area contributed by atoms with Gasteiger partial charge in [-0.1, -0.05) is 24.3 Å². The van der Waals surface area contributed by atoms with Gasteiger partial charge in [0.15, 0.2) is 0 Å². The number of nitrogens with zero attached hydrogens (tertiary/aromatic N) is 3. The number of nitrogens with one attached hydrogen (secondary N) is 1. The summed E-state index contributed by atoms with van der Waals surface area (Å²) in [5.74, 6) is -1.77. The van der Waals surface area contributed by atoms with Crippen LogP contribution in [-0.2, 0) is 17.5 Å². The molecular weight excluding hydrogens is 472 g/mol. The molecule has 184 valence electrons. The Morgan fingerprint density at radius 3 is 2.60 bits per heavy atom. The lowest BCUT2D eigenvalue weighted by Gasteiger charge is -2.14. The Hall–Kier alpha value is -3.80. The van der Waals surface area contributed by atoms with Crippen molar-refractivity contribution in [3.63, 3.8) is 0 Å². The number of aromatic nitrogens is 3. The molecule has 1 fully saturated rings. The second kappa shape index (κ2) is 9.82. The smallest absolute Gasteiger partial charge is 0.376 e. The number of benzene rings is 2. The number of hydrogen-bond donors (Lipinski definition) is 1. The molecule has 0 bridgehead atoms. The molecule has 0 aliphatic carbocycles. The second-order valence-corrected chi connectivity index (χ2v) is 7.93. The van der Waals surface area contributed by atoms with Gasteiger partial charge >= 0.3 is 11.9 Å². The third kappa shape index (κ3) is 5.32. The Labute approximate surface area is 195 Å². The fourth-order valence-corrected chi connectivity index (χ4v) is 3.70. The number of carbonyl (C=O) groups is 1. The second-order valence-electron chi connectivity index (χ2n) is 7.93. The van der Waals surface area contributed by atoms with E-state index in [1.165, 1.54) is 24.3 Å². The molecule has 1 N–H and O–H groups in total. The number of rotatable bonds is 6. The molecule has 0 radical (unpaired) electrons. The first kappa shape index (κ1) is 24.3. The molecule has 1 atom stereocenters. The van der Waals surface area contributed by atoms with Crippen molar-refractivity contribution in [2.45, 2.75) is 31.7 Å². The van der Waals surface area contributed by atoms with Gasteiger partial charge in [-0.25, -0.2) is 9.18 Å². The summed E-state index contributed by atoms with van der Waals surface area (Å²) in [5, 5.41) is 6.32. The maximum Gasteiger partial charge on any atom is 0.416 e. The molecule has 2 aromatic carbocycles. The Morgan fingerprint density at radius 1 is 1.14 bits per heavy atom. The van der Waals surface area contributed by atoms with E-state index in [4.69, 9.17) is 4.74 Å². The number of para-hydroxylation sites is 1. The molecule has 1 aliphatic heterocycles. The van der Waals surface area contributed by atoms with Gasteiger partial charge in [0.1, 0.15) is 11.5 Å². The van der Waals surface area contributed by atoms with Gasteiger partial charge in [0.2, 0.25) is 5.69 Å². The van der Waals surface area contributed by atoms with Gasteiger partial charge in [0.05, 0.1) is 18.2 Å². The van der Waals surface area contributed by atoms with E-state index in [0.717, 1.165) is 30.7 Å². The first-order valence-electron chi connectivity index (χ1n) is 10.7. The standard InChI is InChI=1S/C23H20F4N4O4/c24-17-8-1-2-9-18(17)31-22(34)30(13-14-5-3-6-15(11-14)23(25,26)27)21(33)19(29-31)20(32)28-12-16-7-4-10-35-16/h1-3,5-6,8-9,11,16H,4,7,10,12-13H2,(H,28,32)/t16-/m1/s1. The summed E-state index contributed by atoms with van der Waals surface area (Å²) < 4.78 is 60.4. The highest BCUT2D eigenvalue weighted by molar-refractivity contribution is 5.91. The van der Waals surface area contributed by atoms with E-state index in [1.807, 2.05) is 0 Å². The van der Waals surface area contributed by atoms with Gasteiger partial charge in [-0.2, -0.15) is 23.0 Å². The molecule has 12 heteroatoms. The van der Waals surface area contributed by atoms with Crippen LogP contribution >= 0.6 is 0 Å². The van der Waals surface area contributed by atoms with Gasteiger partial charge in [0, 0.05) is 13.2 Å². The lowest BCUT2D eigenvalue weighted by Crippen LogP contribution is -2.46. The predicted molar refractivity (Wildman–Crippen MR) is 116 cm³/mol. The van der Waals surface area contributed by atoms with Crippen molar-refractivity contribution in [2.24, 2.45) is 0 Å². The largest absolute Gasteiger partial charge is 0.416 e. The number of amides is 1. The van der Waals surface area contributed by atoms with E-state index in [-0.39, 0.29) is 23.9 Å². The zero-order chi connectivity index (χ0) is 25.2. The minimum Gasteiger partial charge on any atom is -0.376 e. The molecule has 1 amide bonds. The quantitative estimate of drug-likeness (QED) is 0.534. The maximum absolute atomic E-state index is 14.5. The number of ether oxygens (including phenoxy) is 1. The van der Waals surface area contributed by atoms with Crippen LogP contribution < -0.4 is 16.6 Å². The van der Waals surface area contributed by atoms with Gasteiger partial charge < -0.3 is 10.1 Å². The summed E-state index contributed by atoms with van der Waals surface area (Å²) in [7, 11) is 0. The molecular formula is C23H20F4N4O4. The molecule has 0 unspecified atom stereocenters. The molecule has 1 saturated heterocycles. The fraction of sp³-hybridized carbons (Fsp3) is 0.304. The topological polar surface area (TPSA) is 95.2 Å². The number of carbonyl (C=O) groups excluding carboxylic acids is 1. The molecule has 8 nitrogen and oxygen atoms in total. The van der Waals surface area contributed by atoms with Crippen molar-refractivity contribution in [3.05, 3.63) is 92.0 Å². The van der Waals surface area contributed by atoms with Crippen molar-refractivity contribution in [3.8, 4) is 5.69 Å². The molecule has 2 heterocycles. The van der Waals surface area contributed by atoms with Crippen LogP contribution in [0.4, 0.5) is 17.6 Å². The molecule has 0 saturated carbocycles. The number of hydrogen-bond acceptors (Lipinski definition) is 5. The molecule has 4 rings (SSSR count). The Bertz CT molecular complexity index is 1360. The van der Waals surface area contributed by atoms with Crippen LogP contribution in [0, 0.1) is 5.82 Å². The van der Waals surface area contributed by atoms with Crippen molar-refractivity contribution in [1.82, 2.24) is 19.7 Å². The van der Waals surface area contributed by atoms with Crippen molar-refractivity contribution < 1.29 is 27.1 Å². The molecule has 1 aromatic heterocycles. The van der Waals surface area contributed by atoms with Crippen LogP contribution in [0.2, 0.25) is 0 Å². The Morgan fingerprint density at radius 2 is 1.91 bits per heavy atom. The third-order valence-corrected chi connectivity index (χ3v) is 5.46. The zero-order valence-corrected chi connectivity index (χ0v) is 18.2. The van der Waals surface area contributed by atoms with Gasteiger partial charge in [-0.05, 0) is 42.7 Å². The van der Waals surface area contributed by atoms with Crippen molar-refractivity contribution in [2.75, 3.05) is 13.2 Å². The van der Waals surface area contributed by atoms with Gasteiger partial charge in [-0.3, -0.25) is 14.2 Å². The highest BCUT2D eigenvalue weighted by atomic mass is 19.4. The Kier molecular flexibility index (Phi) is 6.83. The van der Waals surface area contributed by atoms with E-state index < -0.39 is 47.0 Å². The molecule has 1 aliphatic rings. The van der Waals surface area contributed by atoms with E-state index in [1.54, 1.807) is 0 Å². The molecule has 3 aromatic rings. The summed E-state index contributed by atoms with van der Waals surface area (Å²) in [6.07, 6.45) is -3.35. The van der Waals surface area contributed by atoms with E-state index in [0.29, 0.717) is 22.3 Å². The highest BCUT2D eigenvalue weighted by Gasteiger charge is 2.30. The van der Waals surface area contributed by atoms with E-state index >= 15 is 0 Å². The fourth-order valence-electron chi connectivity index (χ4n) is 3.70. The monoisotopic (exact) mass is 492 g/mol. The van der Waals surface area contributed by atoms with Crippen LogP contribution in [0.25, 0.3) is 5.69 Å². The van der Waals surface area contributed by atoms with Crippen molar-refractivity contribution in [1.29, 1.82) is 0 Å². The Balaban J connectivity index is 1.79. The van der Waals surface area contributed by atoms with Crippen LogP contribution in [0.3, 0.4) is 0 Å². The van der Waals surface area contributed by atoms with Crippen LogP contribution in [0.15, 0.2) is 58.1 Å². The summed E-state index contributed by atoms with van der Waals surface area (Å²) in [4.78, 5) is 38.9. The van der Waals surface area contributed by atoms with E-state index in [2.05, 4.69) is 10.4 Å². The maximum atomic E-state index is 14.5. The van der Waals surface area contributed by atoms with Crippen LogP contribution in [-0.4, -0.2) is 39.5 Å². The lowest BCUT2D eigenvalue weighted by atomic mass is 10.1. The zero-order valence-electron chi connectivity index (χ0n) is 18.2. The first-order valence-corrected chi connectivity index (χ1v) is 10.7. The normalized spacial score (nSPS) is 15.8. The highest BCUT2D eigenvalue weighted by Crippen LogP contribution is 2.29. The summed E-state index contributed by atoms with van der Waals surface area (Å²) in [5.41, 5.74) is -4.27. The molecule has 0 spiro atoms. The average molecular weight is 492 g/mol. The summed E-state index contributed by atoms with van der Waals surface area (Å²) in [6.45, 7) is 0.0394. The summed E-state index contributed by atoms with van der Waals surface area (Å²) >= 11 is 0. The molecule has 35 heavy (non-hydrogen) atoms. The predicted octanol–water partition coefficient (Wildman–Crippen LogP) is 2.51. The minimum atomic E-state index is -4.64. The number of alkyl halides is 3. The van der Waals surface area contributed by atoms with Crippen LogP contribution in [0.5, 0.6) is 0 Å². The van der Waals surface area contributed by atoms with Crippen molar-refractivity contribution >= 4 is 5.91 Å². The average Bonchev–Trinajstić information content (AvgIpc) is 3.34.